The van der Waals surface area contributed by atoms with Crippen molar-refractivity contribution in [1.82, 2.24) is 20.1 Å². The Kier molecular flexibility index (Phi) is 3.62. The number of halogens is 2. The molecule has 1 aromatic heterocycles. The Morgan fingerprint density at radius 3 is 3.00 bits per heavy atom. The lowest BCUT2D eigenvalue weighted by Crippen LogP contribution is -2.39. The lowest BCUT2D eigenvalue weighted by molar-refractivity contribution is 0.173. The van der Waals surface area contributed by atoms with Crippen molar-refractivity contribution in [1.29, 1.82) is 0 Å². The van der Waals surface area contributed by atoms with E-state index in [9.17, 15) is 4.39 Å². The van der Waals surface area contributed by atoms with Crippen LogP contribution in [0.5, 0.6) is 0 Å². The smallest absolute Gasteiger partial charge is 0.137 e. The van der Waals surface area contributed by atoms with E-state index in [4.69, 9.17) is 0 Å². The van der Waals surface area contributed by atoms with Crippen LogP contribution in [0, 0.1) is 0 Å². The largest absolute Gasteiger partial charge is 0.314 e. The van der Waals surface area contributed by atoms with Crippen LogP contribution >= 0.6 is 12.4 Å². The second kappa shape index (κ2) is 4.53. The third-order valence-corrected chi connectivity index (χ3v) is 2.15. The van der Waals surface area contributed by atoms with E-state index >= 15 is 0 Å². The fourth-order valence-corrected chi connectivity index (χ4v) is 1.49. The number of alkyl halides is 1. The number of nitrogens with one attached hydrogen (secondary N) is 1. The van der Waals surface area contributed by atoms with E-state index in [-0.39, 0.29) is 18.4 Å². The van der Waals surface area contributed by atoms with Gasteiger partial charge in [0.1, 0.15) is 18.8 Å². The molecular weight excluding hydrogens is 195 g/mol. The molecule has 0 aliphatic carbocycles. The molecule has 0 spiro atoms. The molecule has 1 N–H and O–H groups in total. The molecule has 6 heteroatoms. The van der Waals surface area contributed by atoms with Crippen molar-refractivity contribution in [3.8, 4) is 0 Å². The zero-order chi connectivity index (χ0) is 8.39. The Labute approximate surface area is 81.9 Å². The van der Waals surface area contributed by atoms with Gasteiger partial charge < -0.3 is 5.32 Å². The second-order valence-electron chi connectivity index (χ2n) is 2.95. The molecule has 0 bridgehead atoms. The van der Waals surface area contributed by atoms with Gasteiger partial charge in [-0.2, -0.15) is 5.10 Å². The molecule has 1 aromatic rings. The highest BCUT2D eigenvalue weighted by molar-refractivity contribution is 5.85. The molecule has 2 heterocycles. The lowest BCUT2D eigenvalue weighted by Gasteiger charge is -2.26. The van der Waals surface area contributed by atoms with E-state index in [2.05, 4.69) is 15.4 Å². The van der Waals surface area contributed by atoms with Crippen LogP contribution in [0.25, 0.3) is 0 Å². The highest BCUT2D eigenvalue weighted by Gasteiger charge is 2.26. The molecule has 0 saturated carbocycles. The van der Waals surface area contributed by atoms with Crippen molar-refractivity contribution in [3.05, 3.63) is 12.7 Å². The molecule has 4 nitrogen and oxygen atoms in total. The van der Waals surface area contributed by atoms with E-state index in [1.807, 2.05) is 0 Å². The number of aromatic nitrogens is 3. The molecule has 1 aliphatic rings. The minimum absolute atomic E-state index is 0. The maximum atomic E-state index is 13.3. The predicted molar refractivity (Wildman–Crippen MR) is 48.7 cm³/mol. The minimum Gasteiger partial charge on any atom is -0.314 e. The lowest BCUT2D eigenvalue weighted by atomic mass is 10.1. The summed E-state index contributed by atoms with van der Waals surface area (Å²) in [5, 5.41) is 6.92. The molecule has 1 saturated heterocycles. The Hall–Kier alpha value is -0.680. The number of rotatable bonds is 1. The molecule has 0 radical (unpaired) electrons. The van der Waals surface area contributed by atoms with Crippen molar-refractivity contribution in [2.45, 2.75) is 18.6 Å². The van der Waals surface area contributed by atoms with Crippen molar-refractivity contribution < 1.29 is 4.39 Å². The third kappa shape index (κ3) is 2.16. The van der Waals surface area contributed by atoms with Gasteiger partial charge >= 0.3 is 0 Å². The van der Waals surface area contributed by atoms with Gasteiger partial charge in [0.15, 0.2) is 0 Å². The summed E-state index contributed by atoms with van der Waals surface area (Å²) in [5.41, 5.74) is 0. The van der Waals surface area contributed by atoms with Crippen LogP contribution in [-0.2, 0) is 0 Å². The number of hydrogen-bond acceptors (Lipinski definition) is 3. The summed E-state index contributed by atoms with van der Waals surface area (Å²) in [6.45, 7) is 1.27. The van der Waals surface area contributed by atoms with Gasteiger partial charge in [-0.05, 0) is 13.0 Å². The highest BCUT2D eigenvalue weighted by Crippen LogP contribution is 2.19. The first-order chi connectivity index (χ1) is 5.88. The van der Waals surface area contributed by atoms with Crippen molar-refractivity contribution in [3.63, 3.8) is 0 Å². The summed E-state index contributed by atoms with van der Waals surface area (Å²) in [5.74, 6) is 0. The first kappa shape index (κ1) is 10.4. The molecule has 1 aliphatic heterocycles. The van der Waals surface area contributed by atoms with Gasteiger partial charge in [0, 0.05) is 6.54 Å². The molecule has 74 valence electrons. The average Bonchev–Trinajstić information content (AvgIpc) is 2.57. The highest BCUT2D eigenvalue weighted by atomic mass is 35.5. The Morgan fingerprint density at radius 2 is 2.38 bits per heavy atom. The summed E-state index contributed by atoms with van der Waals surface area (Å²) < 4.78 is 14.9. The molecule has 1 fully saturated rings. The van der Waals surface area contributed by atoms with Crippen LogP contribution in [0.2, 0.25) is 0 Å². The summed E-state index contributed by atoms with van der Waals surface area (Å²) in [4.78, 5) is 3.80. The van der Waals surface area contributed by atoms with Crippen molar-refractivity contribution >= 4 is 12.4 Å². The minimum atomic E-state index is -0.847. The number of nitrogens with zero attached hydrogens (tertiary/aromatic N) is 3. The summed E-state index contributed by atoms with van der Waals surface area (Å²) in [6.07, 6.45) is 2.95. The fraction of sp³-hybridized carbons (Fsp3) is 0.714. The molecule has 0 aromatic carbocycles. The molecule has 2 atom stereocenters. The summed E-state index contributed by atoms with van der Waals surface area (Å²) in [6, 6.07) is -0.131. The molecule has 0 amide bonds. The van der Waals surface area contributed by atoms with Crippen LogP contribution in [-0.4, -0.2) is 34.0 Å². The maximum absolute atomic E-state index is 13.3. The zero-order valence-corrected chi connectivity index (χ0v) is 7.88. The van der Waals surface area contributed by atoms with Crippen LogP contribution in [0.4, 0.5) is 4.39 Å². The van der Waals surface area contributed by atoms with E-state index in [0.29, 0.717) is 6.54 Å². The normalized spacial score (nSPS) is 28.1. The molecular formula is C7H12ClFN4. The SMILES string of the molecule is Cl.F[C@@H]1CNCC[C@@H]1n1cncn1. The van der Waals surface area contributed by atoms with Gasteiger partial charge in [0.05, 0.1) is 6.04 Å². The number of hydrogen-bond donors (Lipinski definition) is 1. The summed E-state index contributed by atoms with van der Waals surface area (Å²) >= 11 is 0. The van der Waals surface area contributed by atoms with Crippen LogP contribution < -0.4 is 5.32 Å². The topological polar surface area (TPSA) is 42.7 Å². The van der Waals surface area contributed by atoms with Crippen LogP contribution in [0.15, 0.2) is 12.7 Å². The fourth-order valence-electron chi connectivity index (χ4n) is 1.49. The average molecular weight is 207 g/mol. The third-order valence-electron chi connectivity index (χ3n) is 2.15. The van der Waals surface area contributed by atoms with Gasteiger partial charge in [0.2, 0.25) is 0 Å². The maximum Gasteiger partial charge on any atom is 0.137 e. The first-order valence-electron chi connectivity index (χ1n) is 4.07. The van der Waals surface area contributed by atoms with Crippen molar-refractivity contribution in [2.24, 2.45) is 0 Å². The quantitative estimate of drug-likeness (QED) is 0.731. The first-order valence-corrected chi connectivity index (χ1v) is 4.07. The Bertz CT molecular complexity index is 241. The van der Waals surface area contributed by atoms with Gasteiger partial charge in [0.25, 0.3) is 0 Å². The van der Waals surface area contributed by atoms with Gasteiger partial charge in [-0.3, -0.25) is 0 Å². The Balaban J connectivity index is 0.000000845. The van der Waals surface area contributed by atoms with E-state index in [1.165, 1.54) is 6.33 Å². The van der Waals surface area contributed by atoms with E-state index in [0.717, 1.165) is 13.0 Å². The Morgan fingerprint density at radius 1 is 1.54 bits per heavy atom. The standard InChI is InChI=1S/C7H11FN4.ClH/c8-6-3-9-2-1-7(6)12-5-10-4-11-12;/h4-7,9H,1-3H2;1H/t6-,7+;/m1./s1. The summed E-state index contributed by atoms with van der Waals surface area (Å²) in [7, 11) is 0. The van der Waals surface area contributed by atoms with Crippen LogP contribution in [0.1, 0.15) is 12.5 Å². The molecule has 0 unspecified atom stereocenters. The number of piperidine rings is 1. The predicted octanol–water partition coefficient (Wildman–Crippen LogP) is 0.572. The van der Waals surface area contributed by atoms with E-state index < -0.39 is 6.17 Å². The molecule has 13 heavy (non-hydrogen) atoms. The monoisotopic (exact) mass is 206 g/mol. The molecule has 2 rings (SSSR count). The van der Waals surface area contributed by atoms with Gasteiger partial charge in [-0.1, -0.05) is 0 Å². The van der Waals surface area contributed by atoms with Crippen molar-refractivity contribution in [2.75, 3.05) is 13.1 Å². The van der Waals surface area contributed by atoms with Gasteiger partial charge in [-0.15, -0.1) is 12.4 Å². The van der Waals surface area contributed by atoms with Gasteiger partial charge in [-0.25, -0.2) is 14.1 Å². The second-order valence-corrected chi connectivity index (χ2v) is 2.95. The zero-order valence-electron chi connectivity index (χ0n) is 7.06. The van der Waals surface area contributed by atoms with Crippen LogP contribution in [0.3, 0.4) is 0 Å². The van der Waals surface area contributed by atoms with E-state index in [1.54, 1.807) is 11.0 Å².